The number of amides is 1. The minimum absolute atomic E-state index is 0.00106. The molecule has 15 nitrogen and oxygen atoms in total. The summed E-state index contributed by atoms with van der Waals surface area (Å²) in [7, 11) is -6.70. The number of aromatic nitrogens is 7. The largest absolute Gasteiger partial charge is 0.344 e. The zero-order chi connectivity index (χ0) is 47.5. The first-order valence-electron chi connectivity index (χ1n) is 19.5. The van der Waals surface area contributed by atoms with Crippen LogP contribution in [0.25, 0.3) is 38.9 Å². The van der Waals surface area contributed by atoms with E-state index in [4.69, 9.17) is 11.6 Å². The number of pyridine rings is 1. The van der Waals surface area contributed by atoms with Gasteiger partial charge in [0.2, 0.25) is 15.9 Å². The van der Waals surface area contributed by atoms with E-state index in [1.165, 1.54) is 36.0 Å². The Hall–Kier alpha value is -6.40. The molecule has 2 N–H and O–H groups in total. The molecule has 1 saturated carbocycles. The average Bonchev–Trinajstić information content (AvgIpc) is 3.75. The van der Waals surface area contributed by atoms with Gasteiger partial charge in [-0.05, 0) is 72.5 Å². The van der Waals surface area contributed by atoms with Crippen molar-refractivity contribution in [2.75, 3.05) is 17.2 Å². The molecule has 0 aliphatic heterocycles. The Morgan fingerprint density at radius 1 is 0.939 bits per heavy atom. The molecule has 0 saturated heterocycles. The van der Waals surface area contributed by atoms with Crippen LogP contribution in [0.15, 0.2) is 70.4 Å². The van der Waals surface area contributed by atoms with E-state index in [0.29, 0.717) is 10.7 Å². The third kappa shape index (κ3) is 7.82. The van der Waals surface area contributed by atoms with Crippen molar-refractivity contribution in [1.82, 2.24) is 39.4 Å². The summed E-state index contributed by atoms with van der Waals surface area (Å²) in [5.74, 6) is -10.7. The molecule has 2 aliphatic carbocycles. The normalized spacial score (nSPS) is 17.0. The monoisotopic (exact) mass is 977 g/mol. The van der Waals surface area contributed by atoms with Crippen LogP contribution in [0.4, 0.5) is 36.6 Å². The van der Waals surface area contributed by atoms with Crippen molar-refractivity contribution >= 4 is 65.1 Å². The molecule has 7 aromatic rings. The van der Waals surface area contributed by atoms with E-state index < -0.39 is 120 Å². The molecular weight excluding hydrogens is 947 g/mol. The second-order valence-electron chi connectivity index (χ2n) is 16.0. The molecule has 25 heteroatoms. The minimum Gasteiger partial charge on any atom is -0.344 e. The molecule has 1 fully saturated rings. The topological polar surface area (TPSA) is 193 Å². The average molecular weight is 978 g/mol. The van der Waals surface area contributed by atoms with E-state index >= 15 is 13.6 Å². The predicted molar refractivity (Wildman–Crippen MR) is 224 cm³/mol. The summed E-state index contributed by atoms with van der Waals surface area (Å²) >= 11 is 6.60. The highest BCUT2D eigenvalue weighted by Crippen LogP contribution is 2.68. The van der Waals surface area contributed by atoms with Crippen LogP contribution in [-0.4, -0.2) is 69.4 Å². The molecule has 344 valence electrons. The van der Waals surface area contributed by atoms with Crippen LogP contribution in [0, 0.1) is 23.4 Å². The number of aryl methyl sites for hydroxylation is 1. The number of benzene rings is 3. The quantitative estimate of drug-likeness (QED) is 0.126. The van der Waals surface area contributed by atoms with Crippen molar-refractivity contribution in [1.29, 1.82) is 0 Å². The van der Waals surface area contributed by atoms with Gasteiger partial charge in [0.15, 0.2) is 21.3 Å². The Morgan fingerprint density at radius 3 is 2.32 bits per heavy atom. The molecule has 3 aromatic carbocycles. The minimum atomic E-state index is -4.10. The Morgan fingerprint density at radius 2 is 1.65 bits per heavy atom. The number of nitrogens with one attached hydrogen (secondary N) is 2. The second-order valence-corrected chi connectivity index (χ2v) is 20.1. The molecule has 4 aromatic heterocycles. The zero-order valence-electron chi connectivity index (χ0n) is 34.1. The lowest BCUT2D eigenvalue weighted by atomic mass is 10.0. The van der Waals surface area contributed by atoms with E-state index in [0.717, 1.165) is 47.4 Å². The molecule has 1 amide bonds. The van der Waals surface area contributed by atoms with Gasteiger partial charge in [-0.2, -0.15) is 19.0 Å². The maximum absolute atomic E-state index is 15.6. The molecule has 0 radical (unpaired) electrons. The van der Waals surface area contributed by atoms with Crippen molar-refractivity contribution in [3.05, 3.63) is 122 Å². The first kappa shape index (κ1) is 44.8. The van der Waals surface area contributed by atoms with Crippen molar-refractivity contribution in [3.8, 4) is 16.9 Å². The van der Waals surface area contributed by atoms with Crippen LogP contribution < -0.4 is 15.6 Å². The fraction of sp³-hybridized carbons (Fsp3) is 0.268. The van der Waals surface area contributed by atoms with Gasteiger partial charge in [-0.3, -0.25) is 28.2 Å². The molecule has 0 unspecified atom stereocenters. The maximum atomic E-state index is 15.6. The number of sulfonamides is 1. The number of carbonyl (C=O) groups excluding carboxylic acids is 1. The molecule has 0 spiro atoms. The van der Waals surface area contributed by atoms with Gasteiger partial charge in [0.1, 0.15) is 41.2 Å². The number of rotatable bonds is 12. The van der Waals surface area contributed by atoms with Gasteiger partial charge >= 0.3 is 0 Å². The number of sulfone groups is 1. The Bertz CT molecular complexity index is 3510. The summed E-state index contributed by atoms with van der Waals surface area (Å²) < 4.78 is 159. The molecule has 4 heterocycles. The summed E-state index contributed by atoms with van der Waals surface area (Å²) in [4.78, 5) is 37.9. The lowest BCUT2D eigenvalue weighted by molar-refractivity contribution is -0.123. The third-order valence-electron chi connectivity index (χ3n) is 11.3. The van der Waals surface area contributed by atoms with Crippen molar-refractivity contribution in [2.24, 2.45) is 13.0 Å². The number of carbonyl (C=O) groups is 1. The van der Waals surface area contributed by atoms with Gasteiger partial charge in [-0.25, -0.2) is 48.8 Å². The summed E-state index contributed by atoms with van der Waals surface area (Å²) in [6, 6.07) is 8.64. The van der Waals surface area contributed by atoms with E-state index in [2.05, 4.69) is 30.2 Å². The molecular formula is C41H31ClF7N9O6S2. The summed E-state index contributed by atoms with van der Waals surface area (Å²) in [5.41, 5.74) is -3.94. The van der Waals surface area contributed by atoms with Crippen LogP contribution in [0.5, 0.6) is 0 Å². The van der Waals surface area contributed by atoms with Crippen LogP contribution in [0.1, 0.15) is 53.1 Å². The van der Waals surface area contributed by atoms with Crippen LogP contribution >= 0.6 is 11.6 Å². The number of hydrogen-bond donors (Lipinski definition) is 2. The van der Waals surface area contributed by atoms with Gasteiger partial charge in [0, 0.05) is 42.8 Å². The fourth-order valence-electron chi connectivity index (χ4n) is 8.63. The van der Waals surface area contributed by atoms with Gasteiger partial charge < -0.3 is 5.32 Å². The number of halogens is 8. The SMILES string of the molecule is Cn1nc(NS(C)(=O)=O)c2c(Cl)ccc(-n3c([C@H](Cc4cc(F)cc(F)c4)NC(=O)Cn4nc(C(F)F)c5c4C(F)(F)[C@@H]4C[C@H]54)nc4nc(-c5ccc(F)cc5S(C)(=O)=O)ccc4c3=O)c21. The number of nitrogens with zero attached hydrogens (tertiary/aromatic N) is 7. The molecule has 9 rings (SSSR count). The first-order valence-corrected chi connectivity index (χ1v) is 23.7. The predicted octanol–water partition coefficient (Wildman–Crippen LogP) is 6.62. The second kappa shape index (κ2) is 15.6. The summed E-state index contributed by atoms with van der Waals surface area (Å²) in [6.07, 6.45) is -2.23. The highest BCUT2D eigenvalue weighted by atomic mass is 35.5. The maximum Gasteiger partial charge on any atom is 0.293 e. The highest BCUT2D eigenvalue weighted by molar-refractivity contribution is 7.92. The van der Waals surface area contributed by atoms with E-state index in [-0.39, 0.29) is 61.6 Å². The number of anilines is 1. The van der Waals surface area contributed by atoms with Gasteiger partial charge in [-0.1, -0.05) is 11.6 Å². The van der Waals surface area contributed by atoms with Gasteiger partial charge in [-0.15, -0.1) is 0 Å². The highest BCUT2D eigenvalue weighted by Gasteiger charge is 2.67. The third-order valence-corrected chi connectivity index (χ3v) is 13.3. The fourth-order valence-corrected chi connectivity index (χ4v) is 10.3. The Labute approximate surface area is 373 Å². The molecule has 3 atom stereocenters. The van der Waals surface area contributed by atoms with Gasteiger partial charge in [0.05, 0.1) is 49.9 Å². The summed E-state index contributed by atoms with van der Waals surface area (Å²) in [6.45, 7) is -1.08. The lowest BCUT2D eigenvalue weighted by Gasteiger charge is -2.24. The number of fused-ring (bicyclic) bond motifs is 5. The van der Waals surface area contributed by atoms with Crippen LogP contribution in [-0.2, 0) is 50.6 Å². The van der Waals surface area contributed by atoms with Crippen molar-refractivity contribution in [3.63, 3.8) is 0 Å². The zero-order valence-corrected chi connectivity index (χ0v) is 36.5. The number of alkyl halides is 4. The standard InChI is InChI=1S/C41H31ClF7N9O6S2/c1-56-34-28(9-7-25(42)32(34)38(54-56)55-66(3,63)64)58-39(52-37-22(40(58)60)6-8-26(51-37)21-5-4-18(43)14-29(21)65(2,61)62)27(12-17-10-19(44)13-20(45)11-17)50-30(59)16-57-35-31(33(53-57)36(46)47)23-15-24(23)41(35,48)49/h4-11,13-14,23-24,27,36H,12,15-16H2,1-3H3,(H,50,59)(H,54,55)/t23-,24+,27-/m0/s1. The Balaban J connectivity index is 1.28. The van der Waals surface area contributed by atoms with Gasteiger partial charge in [0.25, 0.3) is 17.9 Å². The smallest absolute Gasteiger partial charge is 0.293 e. The van der Waals surface area contributed by atoms with Crippen LogP contribution in [0.3, 0.4) is 0 Å². The lowest BCUT2D eigenvalue weighted by Crippen LogP contribution is -2.38. The van der Waals surface area contributed by atoms with E-state index in [1.807, 2.05) is 0 Å². The first-order chi connectivity index (χ1) is 30.9. The van der Waals surface area contributed by atoms with Crippen LogP contribution in [0.2, 0.25) is 5.02 Å². The molecule has 66 heavy (non-hydrogen) atoms. The van der Waals surface area contributed by atoms with Crippen molar-refractivity contribution in [2.45, 2.75) is 48.6 Å². The Kier molecular flexibility index (Phi) is 10.6. The molecule has 2 aliphatic rings. The summed E-state index contributed by atoms with van der Waals surface area (Å²) in [5, 5.41) is 10.2. The van der Waals surface area contributed by atoms with E-state index in [1.54, 1.807) is 0 Å². The van der Waals surface area contributed by atoms with E-state index in [9.17, 15) is 43.6 Å². The molecule has 0 bridgehead atoms. The number of hydrogen-bond acceptors (Lipinski definition) is 10. The van der Waals surface area contributed by atoms with Crippen molar-refractivity contribution < 1.29 is 52.4 Å².